The van der Waals surface area contributed by atoms with Crippen molar-refractivity contribution in [3.63, 3.8) is 0 Å². The van der Waals surface area contributed by atoms with Gasteiger partial charge in [-0.1, -0.05) is 35.3 Å². The van der Waals surface area contributed by atoms with Crippen LogP contribution in [0, 0.1) is 0 Å². The molecule has 3 rings (SSSR count). The van der Waals surface area contributed by atoms with Gasteiger partial charge >= 0.3 is 0 Å². The number of carbonyl (C=O) groups is 1. The van der Waals surface area contributed by atoms with E-state index in [9.17, 15) is 4.79 Å². The largest absolute Gasteiger partial charge is 0.279 e. The second-order valence-corrected chi connectivity index (χ2v) is 7.09. The second-order valence-electron chi connectivity index (χ2n) is 4.72. The molecule has 0 aliphatic rings. The predicted molar refractivity (Wildman–Crippen MR) is 102 cm³/mol. The van der Waals surface area contributed by atoms with Crippen LogP contribution < -0.4 is 4.90 Å². The van der Waals surface area contributed by atoms with Crippen LogP contribution in [0.15, 0.2) is 47.1 Å². The maximum atomic E-state index is 12.6. The first kappa shape index (κ1) is 17.1. The Hall–Kier alpha value is -1.73. The average Bonchev–Trinajstić information content (AvgIpc) is 3.26. The van der Waals surface area contributed by atoms with E-state index in [2.05, 4.69) is 16.5 Å². The van der Waals surface area contributed by atoms with Crippen LogP contribution in [0.4, 0.5) is 5.13 Å². The molecule has 2 aromatic heterocycles. The van der Waals surface area contributed by atoms with E-state index >= 15 is 0 Å². The number of carbonyl (C=O) groups excluding carboxylic acids is 1. The lowest BCUT2D eigenvalue weighted by Gasteiger charge is -2.16. The van der Waals surface area contributed by atoms with Crippen LogP contribution in [0.5, 0.6) is 0 Å². The Morgan fingerprint density at radius 3 is 2.79 bits per heavy atom. The van der Waals surface area contributed by atoms with E-state index in [1.54, 1.807) is 34.0 Å². The first-order valence-corrected chi connectivity index (χ1v) is 9.40. The van der Waals surface area contributed by atoms with Crippen LogP contribution in [-0.2, 0) is 0 Å². The van der Waals surface area contributed by atoms with E-state index in [-0.39, 0.29) is 5.91 Å². The minimum atomic E-state index is -0.203. The number of anilines is 1. The van der Waals surface area contributed by atoms with Gasteiger partial charge in [-0.25, -0.2) is 9.97 Å². The van der Waals surface area contributed by atoms with Gasteiger partial charge in [0.1, 0.15) is 5.69 Å². The van der Waals surface area contributed by atoms with E-state index in [1.807, 2.05) is 11.4 Å². The Balaban J connectivity index is 1.92. The van der Waals surface area contributed by atoms with Crippen molar-refractivity contribution in [2.75, 3.05) is 11.4 Å². The number of halogens is 2. The highest BCUT2D eigenvalue weighted by atomic mass is 35.5. The van der Waals surface area contributed by atoms with Crippen LogP contribution in [-0.4, -0.2) is 22.4 Å². The van der Waals surface area contributed by atoms with Crippen LogP contribution in [0.2, 0.25) is 10.0 Å². The molecule has 8 heteroatoms. The molecule has 0 N–H and O–H groups in total. The lowest BCUT2D eigenvalue weighted by molar-refractivity contribution is 0.0985. The van der Waals surface area contributed by atoms with Gasteiger partial charge in [0.2, 0.25) is 0 Å². The van der Waals surface area contributed by atoms with Crippen molar-refractivity contribution < 1.29 is 4.79 Å². The van der Waals surface area contributed by atoms with Crippen molar-refractivity contribution in [3.05, 3.63) is 62.9 Å². The Labute approximate surface area is 157 Å². The van der Waals surface area contributed by atoms with Gasteiger partial charge in [0.25, 0.3) is 5.91 Å². The van der Waals surface area contributed by atoms with Crippen LogP contribution in [0.25, 0.3) is 11.3 Å². The van der Waals surface area contributed by atoms with Gasteiger partial charge < -0.3 is 0 Å². The standard InChI is InChI=1S/C16H11Cl2N3OS2/c1-2-5-21(15(22)14-7-23-9-19-14)16-20-13(8-24-16)10-3-4-11(17)12(18)6-10/h2-4,6-9H,1,5H2. The summed E-state index contributed by atoms with van der Waals surface area (Å²) in [7, 11) is 0. The molecular weight excluding hydrogens is 385 g/mol. The summed E-state index contributed by atoms with van der Waals surface area (Å²) >= 11 is 14.8. The van der Waals surface area contributed by atoms with Crippen molar-refractivity contribution in [1.29, 1.82) is 0 Å². The Kier molecular flexibility index (Phi) is 5.30. The summed E-state index contributed by atoms with van der Waals surface area (Å²) in [5.74, 6) is -0.203. The van der Waals surface area contributed by atoms with Crippen molar-refractivity contribution >= 4 is 56.9 Å². The number of amides is 1. The zero-order valence-electron chi connectivity index (χ0n) is 12.3. The normalized spacial score (nSPS) is 10.6. The molecule has 0 bridgehead atoms. The maximum absolute atomic E-state index is 12.6. The van der Waals surface area contributed by atoms with Crippen molar-refractivity contribution in [1.82, 2.24) is 9.97 Å². The molecule has 0 atom stereocenters. The highest BCUT2D eigenvalue weighted by Crippen LogP contribution is 2.32. The molecule has 3 aromatic rings. The first-order valence-electron chi connectivity index (χ1n) is 6.82. The fraction of sp³-hybridized carbons (Fsp3) is 0.0625. The molecule has 0 aliphatic carbocycles. The Bertz CT molecular complexity index is 877. The summed E-state index contributed by atoms with van der Waals surface area (Å²) in [4.78, 5) is 22.8. The van der Waals surface area contributed by atoms with Gasteiger partial charge in [0.15, 0.2) is 5.13 Å². The molecule has 0 unspecified atom stereocenters. The van der Waals surface area contributed by atoms with E-state index in [0.29, 0.717) is 27.4 Å². The fourth-order valence-electron chi connectivity index (χ4n) is 2.01. The van der Waals surface area contributed by atoms with Crippen molar-refractivity contribution in [2.24, 2.45) is 0 Å². The molecule has 2 heterocycles. The summed E-state index contributed by atoms with van der Waals surface area (Å²) in [6.45, 7) is 4.06. The number of aromatic nitrogens is 2. The summed E-state index contributed by atoms with van der Waals surface area (Å²) in [6.07, 6.45) is 1.66. The van der Waals surface area contributed by atoms with Crippen LogP contribution in [0.3, 0.4) is 0 Å². The number of benzene rings is 1. The SMILES string of the molecule is C=CCN(C(=O)c1cscn1)c1nc(-c2ccc(Cl)c(Cl)c2)cs1. The fourth-order valence-corrected chi connectivity index (χ4v) is 3.68. The van der Waals surface area contributed by atoms with E-state index in [1.165, 1.54) is 22.7 Å². The molecule has 0 saturated carbocycles. The number of rotatable bonds is 5. The lowest BCUT2D eigenvalue weighted by Crippen LogP contribution is -2.31. The second kappa shape index (κ2) is 7.44. The molecule has 24 heavy (non-hydrogen) atoms. The Morgan fingerprint density at radius 2 is 2.12 bits per heavy atom. The number of hydrogen-bond donors (Lipinski definition) is 0. The molecular formula is C16H11Cl2N3OS2. The van der Waals surface area contributed by atoms with Gasteiger partial charge in [0, 0.05) is 22.9 Å². The maximum Gasteiger partial charge on any atom is 0.279 e. The van der Waals surface area contributed by atoms with E-state index < -0.39 is 0 Å². The van der Waals surface area contributed by atoms with E-state index in [4.69, 9.17) is 23.2 Å². The molecule has 0 fully saturated rings. The molecule has 0 spiro atoms. The summed E-state index contributed by atoms with van der Waals surface area (Å²) in [5.41, 5.74) is 3.59. The average molecular weight is 396 g/mol. The quantitative estimate of drug-likeness (QED) is 0.542. The molecule has 0 aliphatic heterocycles. The number of nitrogens with zero attached hydrogens (tertiary/aromatic N) is 3. The van der Waals surface area contributed by atoms with Gasteiger partial charge in [-0.3, -0.25) is 9.69 Å². The minimum Gasteiger partial charge on any atom is -0.279 e. The summed E-state index contributed by atoms with van der Waals surface area (Å²) in [6, 6.07) is 5.32. The van der Waals surface area contributed by atoms with E-state index in [0.717, 1.165) is 11.3 Å². The third-order valence-corrected chi connectivity index (χ3v) is 5.34. The van der Waals surface area contributed by atoms with Crippen molar-refractivity contribution in [2.45, 2.75) is 0 Å². The zero-order chi connectivity index (χ0) is 17.1. The minimum absolute atomic E-state index is 0.203. The van der Waals surface area contributed by atoms with Crippen molar-refractivity contribution in [3.8, 4) is 11.3 Å². The van der Waals surface area contributed by atoms with Crippen LogP contribution in [0.1, 0.15) is 10.5 Å². The Morgan fingerprint density at radius 1 is 1.29 bits per heavy atom. The molecule has 0 radical (unpaired) electrons. The van der Waals surface area contributed by atoms with Gasteiger partial charge in [-0.15, -0.1) is 29.3 Å². The predicted octanol–water partition coefficient (Wildman–Crippen LogP) is 5.41. The molecule has 4 nitrogen and oxygen atoms in total. The monoisotopic (exact) mass is 395 g/mol. The highest BCUT2D eigenvalue weighted by molar-refractivity contribution is 7.14. The molecule has 122 valence electrons. The van der Waals surface area contributed by atoms with Gasteiger partial charge in [-0.05, 0) is 12.1 Å². The third-order valence-electron chi connectivity index (χ3n) is 3.15. The smallest absolute Gasteiger partial charge is 0.279 e. The topological polar surface area (TPSA) is 46.1 Å². The highest BCUT2D eigenvalue weighted by Gasteiger charge is 2.21. The third kappa shape index (κ3) is 3.52. The van der Waals surface area contributed by atoms with Gasteiger partial charge in [0.05, 0.1) is 21.2 Å². The zero-order valence-corrected chi connectivity index (χ0v) is 15.4. The first-order chi connectivity index (χ1) is 11.6. The van der Waals surface area contributed by atoms with Crippen LogP contribution >= 0.6 is 45.9 Å². The molecule has 1 aromatic carbocycles. The summed E-state index contributed by atoms with van der Waals surface area (Å²) < 4.78 is 0. The summed E-state index contributed by atoms with van der Waals surface area (Å²) in [5, 5.41) is 5.12. The lowest BCUT2D eigenvalue weighted by atomic mass is 10.2. The van der Waals surface area contributed by atoms with Gasteiger partial charge in [-0.2, -0.15) is 0 Å². The number of hydrogen-bond acceptors (Lipinski definition) is 5. The molecule has 1 amide bonds. The number of thiazole rings is 2. The molecule has 0 saturated heterocycles.